The van der Waals surface area contributed by atoms with Crippen molar-refractivity contribution in [2.24, 2.45) is 7.05 Å². The van der Waals surface area contributed by atoms with E-state index in [4.69, 9.17) is 0 Å². The number of anilines is 3. The molecule has 150 valence electrons. The highest BCUT2D eigenvalue weighted by molar-refractivity contribution is 14.1. The number of hydrogen-bond donors (Lipinski definition) is 2. The van der Waals surface area contributed by atoms with Crippen molar-refractivity contribution in [2.75, 3.05) is 10.0 Å². The number of aromatic nitrogens is 1. The summed E-state index contributed by atoms with van der Waals surface area (Å²) < 4.78 is 43.3. The summed E-state index contributed by atoms with van der Waals surface area (Å²) in [4.78, 5) is 23.2. The minimum atomic E-state index is -3.87. The largest absolute Gasteiger partial charge is 0.351 e. The number of hydrogen-bond acceptors (Lipinski definition) is 5. The number of nitrogens with one attached hydrogen (secondary N) is 2. The number of pyridine rings is 1. The Morgan fingerprint density at radius 2 is 2.00 bits per heavy atom. The molecule has 1 heterocycles. The van der Waals surface area contributed by atoms with E-state index in [2.05, 4.69) is 10.0 Å². The normalized spacial score (nSPS) is 15.1. The maximum atomic E-state index is 14.3. The van der Waals surface area contributed by atoms with Crippen LogP contribution < -0.4 is 15.6 Å². The molecule has 0 amide bonds. The average molecular weight is 519 g/mol. The molecule has 0 saturated heterocycles. The number of benzene rings is 1. The fourth-order valence-electron chi connectivity index (χ4n) is 2.98. The molecule has 28 heavy (non-hydrogen) atoms. The van der Waals surface area contributed by atoms with Gasteiger partial charge in [0.2, 0.25) is 10.0 Å². The first kappa shape index (κ1) is 20.8. The molecule has 7 nitrogen and oxygen atoms in total. The molecule has 1 aliphatic carbocycles. The third-order valence-electron chi connectivity index (χ3n) is 4.88. The lowest BCUT2D eigenvalue weighted by Crippen LogP contribution is -2.31. The average Bonchev–Trinajstić information content (AvgIpc) is 3.40. The zero-order chi connectivity index (χ0) is 20.7. The van der Waals surface area contributed by atoms with Crippen molar-refractivity contribution in [2.45, 2.75) is 30.9 Å². The first-order valence-electron chi connectivity index (χ1n) is 8.48. The Morgan fingerprint density at radius 3 is 2.57 bits per heavy atom. The van der Waals surface area contributed by atoms with Crippen molar-refractivity contribution in [3.05, 3.63) is 49.7 Å². The summed E-state index contributed by atoms with van der Waals surface area (Å²) in [6, 6.07) is 4.53. The van der Waals surface area contributed by atoms with Gasteiger partial charge in [0.1, 0.15) is 12.1 Å². The Kier molecular flexibility index (Phi) is 5.54. The molecule has 1 saturated carbocycles. The molecule has 2 aromatic rings. The van der Waals surface area contributed by atoms with E-state index in [1.165, 1.54) is 36.9 Å². The highest BCUT2D eigenvalue weighted by Gasteiger charge is 2.54. The Labute approximate surface area is 175 Å². The SMILES string of the molecule is Cc1c(Nc2ccc(I)cc2F)c(NS(=O)(=O)C2(CC=O)CC2)cn(C)c1=O. The van der Waals surface area contributed by atoms with Gasteiger partial charge < -0.3 is 14.7 Å². The second-order valence-corrected chi connectivity index (χ2v) is 10.2. The molecular formula is C18H19FIN3O4S. The summed E-state index contributed by atoms with van der Waals surface area (Å²) in [6.07, 6.45) is 2.62. The van der Waals surface area contributed by atoms with Gasteiger partial charge in [-0.2, -0.15) is 0 Å². The van der Waals surface area contributed by atoms with Crippen LogP contribution in [0.25, 0.3) is 0 Å². The van der Waals surface area contributed by atoms with E-state index in [0.29, 0.717) is 22.7 Å². The van der Waals surface area contributed by atoms with Gasteiger partial charge in [0, 0.05) is 28.8 Å². The van der Waals surface area contributed by atoms with Gasteiger partial charge in [0.15, 0.2) is 0 Å². The van der Waals surface area contributed by atoms with Crippen molar-refractivity contribution in [1.82, 2.24) is 4.57 Å². The quantitative estimate of drug-likeness (QED) is 0.433. The van der Waals surface area contributed by atoms with Gasteiger partial charge in [-0.05, 0) is 60.6 Å². The van der Waals surface area contributed by atoms with Crippen molar-refractivity contribution >= 4 is 56.0 Å². The zero-order valence-corrected chi connectivity index (χ0v) is 18.2. The van der Waals surface area contributed by atoms with Gasteiger partial charge in [0.05, 0.1) is 21.8 Å². The molecule has 2 N–H and O–H groups in total. The molecule has 0 atom stereocenters. The number of aldehydes is 1. The number of carbonyl (C=O) groups is 1. The molecule has 0 aliphatic heterocycles. The molecule has 1 aromatic heterocycles. The lowest BCUT2D eigenvalue weighted by atomic mass is 10.2. The molecule has 3 rings (SSSR count). The monoisotopic (exact) mass is 519 g/mol. The van der Waals surface area contributed by atoms with Crippen LogP contribution in [0, 0.1) is 16.3 Å². The van der Waals surface area contributed by atoms with E-state index < -0.39 is 20.6 Å². The van der Waals surface area contributed by atoms with Gasteiger partial charge in [-0.3, -0.25) is 9.52 Å². The molecule has 0 radical (unpaired) electrons. The molecule has 1 aliphatic rings. The lowest BCUT2D eigenvalue weighted by molar-refractivity contribution is -0.107. The lowest BCUT2D eigenvalue weighted by Gasteiger charge is -2.20. The van der Waals surface area contributed by atoms with Crippen LogP contribution in [0.15, 0.2) is 29.2 Å². The van der Waals surface area contributed by atoms with Crippen LogP contribution in [-0.4, -0.2) is 24.0 Å². The van der Waals surface area contributed by atoms with Crippen LogP contribution in [0.3, 0.4) is 0 Å². The Hall–Kier alpha value is -1.95. The zero-order valence-electron chi connectivity index (χ0n) is 15.3. The van der Waals surface area contributed by atoms with Gasteiger partial charge in [0.25, 0.3) is 5.56 Å². The first-order chi connectivity index (χ1) is 13.1. The molecular weight excluding hydrogens is 500 g/mol. The summed E-state index contributed by atoms with van der Waals surface area (Å²) in [6.45, 7) is 1.53. The summed E-state index contributed by atoms with van der Waals surface area (Å²) >= 11 is 1.98. The maximum absolute atomic E-state index is 14.3. The van der Waals surface area contributed by atoms with Crippen LogP contribution in [0.4, 0.5) is 21.5 Å². The Morgan fingerprint density at radius 1 is 1.32 bits per heavy atom. The fraction of sp³-hybridized carbons (Fsp3) is 0.333. The van der Waals surface area contributed by atoms with E-state index >= 15 is 0 Å². The van der Waals surface area contributed by atoms with Crippen molar-refractivity contribution in [3.8, 4) is 0 Å². The van der Waals surface area contributed by atoms with Crippen LogP contribution in [0.5, 0.6) is 0 Å². The van der Waals surface area contributed by atoms with Gasteiger partial charge >= 0.3 is 0 Å². The molecule has 0 bridgehead atoms. The number of aryl methyl sites for hydroxylation is 1. The van der Waals surface area contributed by atoms with Crippen molar-refractivity contribution < 1.29 is 17.6 Å². The third-order valence-corrected chi connectivity index (χ3v) is 7.75. The molecule has 0 unspecified atom stereocenters. The van der Waals surface area contributed by atoms with E-state index in [1.807, 2.05) is 22.6 Å². The third kappa shape index (κ3) is 3.79. The van der Waals surface area contributed by atoms with E-state index in [0.717, 1.165) is 0 Å². The summed E-state index contributed by atoms with van der Waals surface area (Å²) in [5.41, 5.74) is 0.306. The van der Waals surface area contributed by atoms with Gasteiger partial charge in [-0.15, -0.1) is 0 Å². The summed E-state index contributed by atoms with van der Waals surface area (Å²) in [5.74, 6) is -0.527. The van der Waals surface area contributed by atoms with Crippen LogP contribution in [0.2, 0.25) is 0 Å². The molecule has 0 spiro atoms. The van der Waals surface area contributed by atoms with Crippen LogP contribution >= 0.6 is 22.6 Å². The van der Waals surface area contributed by atoms with Crippen LogP contribution in [-0.2, 0) is 21.9 Å². The second-order valence-electron chi connectivity index (χ2n) is 6.87. The Balaban J connectivity index is 2.06. The van der Waals surface area contributed by atoms with Crippen molar-refractivity contribution in [3.63, 3.8) is 0 Å². The maximum Gasteiger partial charge on any atom is 0.255 e. The Bertz CT molecular complexity index is 1110. The second kappa shape index (κ2) is 7.47. The molecule has 1 fully saturated rings. The highest BCUT2D eigenvalue weighted by Crippen LogP contribution is 2.47. The topological polar surface area (TPSA) is 97.3 Å². The minimum absolute atomic E-state index is 0.0956. The number of halogens is 2. The van der Waals surface area contributed by atoms with Crippen LogP contribution in [0.1, 0.15) is 24.8 Å². The van der Waals surface area contributed by atoms with E-state index in [1.54, 1.807) is 6.07 Å². The predicted molar refractivity (Wildman–Crippen MR) is 114 cm³/mol. The molecule has 10 heteroatoms. The number of carbonyl (C=O) groups excluding carboxylic acids is 1. The van der Waals surface area contributed by atoms with Gasteiger partial charge in [-0.25, -0.2) is 12.8 Å². The predicted octanol–water partition coefficient (Wildman–Crippen LogP) is 3.04. The fourth-order valence-corrected chi connectivity index (χ4v) is 5.02. The summed E-state index contributed by atoms with van der Waals surface area (Å²) in [7, 11) is -2.37. The minimum Gasteiger partial charge on any atom is -0.351 e. The standard InChI is InChI=1S/C18H19FIN3O4S/c1-11-16(21-14-4-3-12(20)9-13(14)19)15(10-23(2)17(11)25)22-28(26,27)18(5-6-18)7-8-24/h3-4,8-10,21-22H,5-7H2,1-2H3. The molecule has 1 aromatic carbocycles. The van der Waals surface area contributed by atoms with Gasteiger partial charge in [-0.1, -0.05) is 0 Å². The summed E-state index contributed by atoms with van der Waals surface area (Å²) in [5, 5.41) is 2.84. The number of rotatable bonds is 7. The van der Waals surface area contributed by atoms with E-state index in [9.17, 15) is 22.4 Å². The first-order valence-corrected chi connectivity index (χ1v) is 11.0. The van der Waals surface area contributed by atoms with Crippen molar-refractivity contribution in [1.29, 1.82) is 0 Å². The smallest absolute Gasteiger partial charge is 0.255 e. The highest BCUT2D eigenvalue weighted by atomic mass is 127. The van der Waals surface area contributed by atoms with E-state index in [-0.39, 0.29) is 34.6 Å². The number of nitrogens with zero attached hydrogens (tertiary/aromatic N) is 1. The number of sulfonamides is 1.